The fraction of sp³-hybridized carbons (Fsp3) is 0.857. The molecule has 3 heterocycles. The molecule has 2 aliphatic rings. The first kappa shape index (κ1) is 13.1. The molecule has 0 aliphatic carbocycles. The molecule has 0 saturated carbocycles. The Balaban J connectivity index is 1.73. The molecule has 106 valence electrons. The molecule has 1 aromatic rings. The molecule has 2 aliphatic heterocycles. The summed E-state index contributed by atoms with van der Waals surface area (Å²) in [4.78, 5) is 7.27. The number of likely N-dealkylation sites (tertiary alicyclic amines) is 1. The van der Waals surface area contributed by atoms with Crippen molar-refractivity contribution in [3.63, 3.8) is 0 Å². The highest BCUT2D eigenvalue weighted by atomic mass is 15.4. The maximum Gasteiger partial charge on any atom is 0.152 e. The van der Waals surface area contributed by atoms with Gasteiger partial charge in [0, 0.05) is 25.0 Å². The van der Waals surface area contributed by atoms with Crippen molar-refractivity contribution in [3.05, 3.63) is 11.6 Å². The van der Waals surface area contributed by atoms with Crippen LogP contribution >= 0.6 is 0 Å². The summed E-state index contributed by atoms with van der Waals surface area (Å²) in [6, 6.07) is 1.31. The van der Waals surface area contributed by atoms with Crippen LogP contribution in [0.2, 0.25) is 0 Å². The third kappa shape index (κ3) is 2.54. The molecule has 0 radical (unpaired) electrons. The zero-order chi connectivity index (χ0) is 13.4. The highest BCUT2D eigenvalue weighted by Crippen LogP contribution is 2.24. The molecule has 2 N–H and O–H groups in total. The van der Waals surface area contributed by atoms with Crippen LogP contribution < -0.4 is 5.73 Å². The highest BCUT2D eigenvalue weighted by Gasteiger charge is 2.29. The fourth-order valence-electron chi connectivity index (χ4n) is 3.49. The van der Waals surface area contributed by atoms with Crippen molar-refractivity contribution in [3.8, 4) is 0 Å². The Labute approximate surface area is 115 Å². The molecule has 5 nitrogen and oxygen atoms in total. The number of nitrogens with two attached hydrogens (primary N) is 1. The van der Waals surface area contributed by atoms with E-state index in [2.05, 4.69) is 28.8 Å². The second-order valence-electron chi connectivity index (χ2n) is 6.19. The SMILES string of the molecule is CC(C)N1CCCC1Cc1nc2n(n1)CCCC2N. The van der Waals surface area contributed by atoms with E-state index in [-0.39, 0.29) is 6.04 Å². The summed E-state index contributed by atoms with van der Waals surface area (Å²) < 4.78 is 2.03. The molecule has 2 unspecified atom stereocenters. The van der Waals surface area contributed by atoms with Gasteiger partial charge in [0.1, 0.15) is 5.82 Å². The van der Waals surface area contributed by atoms with E-state index in [4.69, 9.17) is 5.73 Å². The van der Waals surface area contributed by atoms with Gasteiger partial charge < -0.3 is 5.73 Å². The Morgan fingerprint density at radius 1 is 1.26 bits per heavy atom. The average molecular weight is 263 g/mol. The van der Waals surface area contributed by atoms with Crippen LogP contribution in [0.5, 0.6) is 0 Å². The third-order valence-electron chi connectivity index (χ3n) is 4.47. The Kier molecular flexibility index (Phi) is 3.58. The molecule has 0 aromatic carbocycles. The lowest BCUT2D eigenvalue weighted by Crippen LogP contribution is -2.36. The van der Waals surface area contributed by atoms with Gasteiger partial charge in [-0.25, -0.2) is 9.67 Å². The normalized spacial score (nSPS) is 28.0. The second kappa shape index (κ2) is 5.21. The standard InChI is InChI=1S/C14H25N5/c1-10(2)18-7-3-5-11(18)9-13-16-14-12(15)6-4-8-19(14)17-13/h10-12H,3-9,15H2,1-2H3. The van der Waals surface area contributed by atoms with Crippen LogP contribution in [0, 0.1) is 0 Å². The maximum absolute atomic E-state index is 6.11. The third-order valence-corrected chi connectivity index (χ3v) is 4.47. The lowest BCUT2D eigenvalue weighted by Gasteiger charge is -2.27. The molecular weight excluding hydrogens is 238 g/mol. The van der Waals surface area contributed by atoms with Gasteiger partial charge in [-0.1, -0.05) is 0 Å². The first-order valence-electron chi connectivity index (χ1n) is 7.60. The zero-order valence-corrected chi connectivity index (χ0v) is 12.0. The average Bonchev–Trinajstić information content (AvgIpc) is 2.96. The summed E-state index contributed by atoms with van der Waals surface area (Å²) in [6.45, 7) is 6.75. The van der Waals surface area contributed by atoms with Crippen molar-refractivity contribution in [1.29, 1.82) is 0 Å². The van der Waals surface area contributed by atoms with Gasteiger partial charge in [0.25, 0.3) is 0 Å². The topological polar surface area (TPSA) is 60.0 Å². The van der Waals surface area contributed by atoms with Gasteiger partial charge in [-0.3, -0.25) is 4.90 Å². The number of aromatic nitrogens is 3. The summed E-state index contributed by atoms with van der Waals surface area (Å²) in [5.41, 5.74) is 6.11. The summed E-state index contributed by atoms with van der Waals surface area (Å²) in [6.07, 6.45) is 5.72. The smallest absolute Gasteiger partial charge is 0.152 e. The van der Waals surface area contributed by atoms with E-state index in [1.165, 1.54) is 19.4 Å². The van der Waals surface area contributed by atoms with E-state index in [1.54, 1.807) is 0 Å². The van der Waals surface area contributed by atoms with Gasteiger partial charge in [0.05, 0.1) is 6.04 Å². The van der Waals surface area contributed by atoms with Crippen LogP contribution in [0.4, 0.5) is 0 Å². The van der Waals surface area contributed by atoms with E-state index in [0.717, 1.165) is 37.5 Å². The van der Waals surface area contributed by atoms with Crippen LogP contribution in [-0.4, -0.2) is 38.3 Å². The summed E-state index contributed by atoms with van der Waals surface area (Å²) in [7, 11) is 0. The van der Waals surface area contributed by atoms with Crippen LogP contribution in [-0.2, 0) is 13.0 Å². The number of fused-ring (bicyclic) bond motifs is 1. The minimum absolute atomic E-state index is 0.0831. The van der Waals surface area contributed by atoms with Crippen molar-refractivity contribution in [2.45, 2.75) is 70.6 Å². The van der Waals surface area contributed by atoms with Gasteiger partial charge in [-0.2, -0.15) is 5.10 Å². The van der Waals surface area contributed by atoms with Crippen molar-refractivity contribution < 1.29 is 0 Å². The van der Waals surface area contributed by atoms with Crippen LogP contribution in [0.1, 0.15) is 57.2 Å². The Hall–Kier alpha value is -0.940. The Morgan fingerprint density at radius 2 is 2.05 bits per heavy atom. The van der Waals surface area contributed by atoms with Crippen LogP contribution in [0.15, 0.2) is 0 Å². The molecule has 0 spiro atoms. The molecule has 1 aromatic heterocycles. The summed E-state index contributed by atoms with van der Waals surface area (Å²) in [5.74, 6) is 1.99. The van der Waals surface area contributed by atoms with E-state index >= 15 is 0 Å². The van der Waals surface area contributed by atoms with Crippen molar-refractivity contribution >= 4 is 0 Å². The second-order valence-corrected chi connectivity index (χ2v) is 6.19. The zero-order valence-electron chi connectivity index (χ0n) is 12.0. The highest BCUT2D eigenvalue weighted by molar-refractivity contribution is 5.03. The molecule has 0 amide bonds. The first-order chi connectivity index (χ1) is 9.15. The minimum atomic E-state index is 0.0831. The van der Waals surface area contributed by atoms with E-state index in [9.17, 15) is 0 Å². The molecule has 1 fully saturated rings. The lowest BCUT2D eigenvalue weighted by molar-refractivity contribution is 0.201. The molecule has 0 bridgehead atoms. The first-order valence-corrected chi connectivity index (χ1v) is 7.60. The van der Waals surface area contributed by atoms with Crippen LogP contribution in [0.3, 0.4) is 0 Å². The maximum atomic E-state index is 6.11. The number of hydrogen-bond acceptors (Lipinski definition) is 4. The minimum Gasteiger partial charge on any atom is -0.321 e. The largest absolute Gasteiger partial charge is 0.321 e. The molecule has 2 atom stereocenters. The number of aryl methyl sites for hydroxylation is 1. The summed E-state index contributed by atoms with van der Waals surface area (Å²) in [5, 5.41) is 4.66. The van der Waals surface area contributed by atoms with Crippen molar-refractivity contribution in [2.24, 2.45) is 5.73 Å². The predicted molar refractivity (Wildman–Crippen MR) is 74.8 cm³/mol. The van der Waals surface area contributed by atoms with Crippen molar-refractivity contribution in [1.82, 2.24) is 19.7 Å². The fourth-order valence-corrected chi connectivity index (χ4v) is 3.49. The van der Waals surface area contributed by atoms with Crippen molar-refractivity contribution in [2.75, 3.05) is 6.54 Å². The monoisotopic (exact) mass is 263 g/mol. The lowest BCUT2D eigenvalue weighted by atomic mass is 10.1. The van der Waals surface area contributed by atoms with Gasteiger partial charge in [-0.05, 0) is 46.1 Å². The Bertz CT molecular complexity index is 439. The number of rotatable bonds is 3. The number of hydrogen-bond donors (Lipinski definition) is 1. The Morgan fingerprint density at radius 3 is 2.79 bits per heavy atom. The molecule has 1 saturated heterocycles. The quantitative estimate of drug-likeness (QED) is 0.897. The van der Waals surface area contributed by atoms with Gasteiger partial charge in [0.15, 0.2) is 5.82 Å². The van der Waals surface area contributed by atoms with Gasteiger partial charge in [0.2, 0.25) is 0 Å². The molecule has 19 heavy (non-hydrogen) atoms. The van der Waals surface area contributed by atoms with Crippen LogP contribution in [0.25, 0.3) is 0 Å². The van der Waals surface area contributed by atoms with E-state index in [0.29, 0.717) is 12.1 Å². The summed E-state index contributed by atoms with van der Waals surface area (Å²) >= 11 is 0. The predicted octanol–water partition coefficient (Wildman–Crippen LogP) is 1.49. The van der Waals surface area contributed by atoms with Gasteiger partial charge in [-0.15, -0.1) is 0 Å². The number of nitrogens with zero attached hydrogens (tertiary/aromatic N) is 4. The molecule has 5 heteroatoms. The molecule has 3 rings (SSSR count). The van der Waals surface area contributed by atoms with E-state index in [1.807, 2.05) is 4.68 Å². The van der Waals surface area contributed by atoms with E-state index < -0.39 is 0 Å². The van der Waals surface area contributed by atoms with Gasteiger partial charge >= 0.3 is 0 Å². The molecular formula is C14H25N5.